The van der Waals surface area contributed by atoms with Gasteiger partial charge in [0.2, 0.25) is 0 Å². The second-order valence-electron chi connectivity index (χ2n) is 7.21. The van der Waals surface area contributed by atoms with Gasteiger partial charge in [-0.3, -0.25) is 4.79 Å². The molecule has 168 valence electrons. The van der Waals surface area contributed by atoms with Crippen molar-refractivity contribution in [3.05, 3.63) is 33.9 Å². The lowest BCUT2D eigenvalue weighted by Gasteiger charge is -2.28. The molecule has 0 atom stereocenters. The van der Waals surface area contributed by atoms with Gasteiger partial charge in [0.15, 0.2) is 17.8 Å². The van der Waals surface area contributed by atoms with Crippen LogP contribution in [0.3, 0.4) is 0 Å². The molecule has 0 heterocycles. The van der Waals surface area contributed by atoms with Crippen molar-refractivity contribution in [3.63, 3.8) is 0 Å². The van der Waals surface area contributed by atoms with E-state index in [-0.39, 0.29) is 34.1 Å². The van der Waals surface area contributed by atoms with Crippen LogP contribution in [0.15, 0.2) is 6.07 Å². The number of rotatable bonds is 6. The molecular weight excluding hydrogens is 412 g/mol. The zero-order chi connectivity index (χ0) is 23.4. The van der Waals surface area contributed by atoms with Crippen LogP contribution in [0.25, 0.3) is 11.1 Å². The molecule has 2 aromatic rings. The first kappa shape index (κ1) is 23.0. The van der Waals surface area contributed by atoms with E-state index in [9.17, 15) is 14.7 Å². The van der Waals surface area contributed by atoms with Crippen molar-refractivity contribution >= 4 is 12.3 Å². The summed E-state index contributed by atoms with van der Waals surface area (Å²) in [4.78, 5) is 24.6. The third-order valence-electron chi connectivity index (χ3n) is 5.49. The summed E-state index contributed by atoms with van der Waals surface area (Å²) < 4.78 is 21.8. The van der Waals surface area contributed by atoms with Crippen molar-refractivity contribution in [3.8, 4) is 46.0 Å². The molecule has 0 bridgehead atoms. The van der Waals surface area contributed by atoms with Gasteiger partial charge >= 0.3 is 5.97 Å². The van der Waals surface area contributed by atoms with Crippen LogP contribution >= 0.6 is 0 Å². The topological polar surface area (TPSA) is 91.3 Å². The van der Waals surface area contributed by atoms with Crippen molar-refractivity contribution in [2.45, 2.75) is 32.6 Å². The molecule has 0 fully saturated rings. The number of fused-ring (bicyclic) bond motifs is 3. The van der Waals surface area contributed by atoms with Crippen LogP contribution in [-0.2, 0) is 17.6 Å². The second kappa shape index (κ2) is 9.65. The van der Waals surface area contributed by atoms with E-state index in [0.717, 1.165) is 12.0 Å². The minimum absolute atomic E-state index is 0.0376. The highest BCUT2D eigenvalue weighted by Gasteiger charge is 2.34. The fourth-order valence-electron chi connectivity index (χ4n) is 4.13. The molecule has 0 saturated carbocycles. The third kappa shape index (κ3) is 3.62. The molecule has 1 N–H and O–H groups in total. The summed E-state index contributed by atoms with van der Waals surface area (Å²) >= 11 is 0. The molecule has 1 aliphatic rings. The van der Waals surface area contributed by atoms with E-state index in [1.807, 2.05) is 13.0 Å². The van der Waals surface area contributed by atoms with Gasteiger partial charge in [0.25, 0.3) is 0 Å². The smallest absolute Gasteiger partial charge is 0.342 e. The average molecular weight is 438 g/mol. The molecule has 1 aliphatic carbocycles. The van der Waals surface area contributed by atoms with E-state index in [0.29, 0.717) is 47.8 Å². The maximum atomic E-state index is 12.8. The third-order valence-corrected chi connectivity index (χ3v) is 5.49. The summed E-state index contributed by atoms with van der Waals surface area (Å²) in [6.07, 6.45) is 3.21. The molecule has 32 heavy (non-hydrogen) atoms. The first-order valence-corrected chi connectivity index (χ1v) is 10.2. The van der Waals surface area contributed by atoms with Crippen molar-refractivity contribution in [2.75, 3.05) is 28.4 Å². The van der Waals surface area contributed by atoms with Crippen LogP contribution < -0.4 is 14.2 Å². The number of carbonyl (C=O) groups excluding carboxylic acids is 2. The highest BCUT2D eigenvalue weighted by molar-refractivity contribution is 6.02. The molecular formula is C25H26O7. The summed E-state index contributed by atoms with van der Waals surface area (Å²) in [7, 11) is 5.60. The standard InChI is InChI=1S/C25H26O7/c1-6-7-8-9-14-12-15-10-11-16-20(18(15)24(31-4)19(14)25(28)32-5)22(29-2)17(13-26)21(27)23(16)30-3/h12-13,27H,6-7,10-11H2,1-5H3. The van der Waals surface area contributed by atoms with Gasteiger partial charge in [-0.05, 0) is 30.9 Å². The Balaban J connectivity index is 2.49. The predicted molar refractivity (Wildman–Crippen MR) is 119 cm³/mol. The number of hydrogen-bond donors (Lipinski definition) is 1. The molecule has 0 saturated heterocycles. The number of benzene rings is 2. The number of methoxy groups -OCH3 is 4. The molecule has 0 spiro atoms. The van der Waals surface area contributed by atoms with Gasteiger partial charge < -0.3 is 24.1 Å². The van der Waals surface area contributed by atoms with Crippen LogP contribution in [0.1, 0.15) is 57.2 Å². The van der Waals surface area contributed by atoms with E-state index in [1.165, 1.54) is 28.4 Å². The Labute approximate surface area is 187 Å². The predicted octanol–water partition coefficient (Wildman–Crippen LogP) is 3.93. The van der Waals surface area contributed by atoms with Crippen molar-refractivity contribution < 1.29 is 33.6 Å². The Morgan fingerprint density at radius 3 is 2.31 bits per heavy atom. The molecule has 2 aromatic carbocycles. The minimum Gasteiger partial charge on any atom is -0.504 e. The van der Waals surface area contributed by atoms with Crippen LogP contribution in [0.5, 0.6) is 23.0 Å². The van der Waals surface area contributed by atoms with Gasteiger partial charge in [0.05, 0.1) is 28.4 Å². The average Bonchev–Trinajstić information content (AvgIpc) is 2.81. The Hall–Kier alpha value is -3.66. The first-order valence-electron chi connectivity index (χ1n) is 10.2. The SMILES string of the molecule is CCCC#Cc1cc2c(c(OC)c1C(=O)OC)-c1c(c(OC)c(O)c(C=O)c1OC)CC2. The van der Waals surface area contributed by atoms with Crippen LogP contribution in [0, 0.1) is 11.8 Å². The number of aromatic hydroxyl groups is 1. The minimum atomic E-state index is -0.585. The van der Waals surface area contributed by atoms with E-state index < -0.39 is 5.97 Å². The van der Waals surface area contributed by atoms with Gasteiger partial charge in [-0.2, -0.15) is 0 Å². The van der Waals surface area contributed by atoms with Gasteiger partial charge in [0, 0.05) is 28.7 Å². The van der Waals surface area contributed by atoms with Gasteiger partial charge in [-0.1, -0.05) is 18.8 Å². The molecule has 0 aliphatic heterocycles. The molecule has 0 aromatic heterocycles. The van der Waals surface area contributed by atoms with Crippen LogP contribution in [-0.4, -0.2) is 45.8 Å². The number of aryl methyl sites for hydroxylation is 1. The highest BCUT2D eigenvalue weighted by atomic mass is 16.5. The number of phenolic OH excluding ortho intramolecular Hbond substituents is 1. The number of phenols is 1. The summed E-state index contributed by atoms with van der Waals surface area (Å²) in [5, 5.41) is 10.6. The van der Waals surface area contributed by atoms with Gasteiger partial charge in [-0.15, -0.1) is 0 Å². The fourth-order valence-corrected chi connectivity index (χ4v) is 4.13. The highest BCUT2D eigenvalue weighted by Crippen LogP contribution is 2.54. The Morgan fingerprint density at radius 2 is 1.75 bits per heavy atom. The summed E-state index contributed by atoms with van der Waals surface area (Å²) in [5.41, 5.74) is 3.36. The maximum Gasteiger partial charge on any atom is 0.342 e. The van der Waals surface area contributed by atoms with E-state index in [2.05, 4.69) is 11.8 Å². The monoisotopic (exact) mass is 438 g/mol. The van der Waals surface area contributed by atoms with Gasteiger partial charge in [-0.25, -0.2) is 4.79 Å². The Morgan fingerprint density at radius 1 is 1.06 bits per heavy atom. The van der Waals surface area contributed by atoms with Gasteiger partial charge in [0.1, 0.15) is 22.6 Å². The Bertz CT molecular complexity index is 1140. The van der Waals surface area contributed by atoms with E-state index in [1.54, 1.807) is 0 Å². The zero-order valence-corrected chi connectivity index (χ0v) is 18.9. The molecule has 7 heteroatoms. The lowest BCUT2D eigenvalue weighted by Crippen LogP contribution is -2.15. The Kier molecular flexibility index (Phi) is 6.94. The second-order valence-corrected chi connectivity index (χ2v) is 7.21. The number of hydrogen-bond acceptors (Lipinski definition) is 7. The van der Waals surface area contributed by atoms with Crippen molar-refractivity contribution in [1.29, 1.82) is 0 Å². The largest absolute Gasteiger partial charge is 0.504 e. The summed E-state index contributed by atoms with van der Waals surface area (Å²) in [6.45, 7) is 2.03. The fraction of sp³-hybridized carbons (Fsp3) is 0.360. The van der Waals surface area contributed by atoms with E-state index >= 15 is 0 Å². The van der Waals surface area contributed by atoms with Crippen LogP contribution in [0.4, 0.5) is 0 Å². The lowest BCUT2D eigenvalue weighted by molar-refractivity contribution is 0.0596. The quantitative estimate of drug-likeness (QED) is 0.415. The van der Waals surface area contributed by atoms with Crippen molar-refractivity contribution in [1.82, 2.24) is 0 Å². The number of aldehydes is 1. The number of ether oxygens (including phenoxy) is 4. The van der Waals surface area contributed by atoms with Crippen molar-refractivity contribution in [2.24, 2.45) is 0 Å². The molecule has 0 radical (unpaired) electrons. The lowest BCUT2D eigenvalue weighted by atomic mass is 9.80. The molecule has 3 rings (SSSR count). The molecule has 0 amide bonds. The summed E-state index contributed by atoms with van der Waals surface area (Å²) in [6, 6.07) is 1.86. The van der Waals surface area contributed by atoms with Crippen LogP contribution in [0.2, 0.25) is 0 Å². The first-order chi connectivity index (χ1) is 15.5. The normalized spacial score (nSPS) is 11.4. The molecule has 7 nitrogen and oxygen atoms in total. The number of unbranched alkanes of at least 4 members (excludes halogenated alkanes) is 1. The number of carbonyl (C=O) groups is 2. The van der Waals surface area contributed by atoms with E-state index in [4.69, 9.17) is 18.9 Å². The number of esters is 1. The maximum absolute atomic E-state index is 12.8. The molecule has 0 unspecified atom stereocenters. The zero-order valence-electron chi connectivity index (χ0n) is 18.9. The summed E-state index contributed by atoms with van der Waals surface area (Å²) in [5.74, 6) is 5.95.